The Balaban J connectivity index is 1.83. The molecule has 0 radical (unpaired) electrons. The summed E-state index contributed by atoms with van der Waals surface area (Å²) in [7, 11) is 0. The van der Waals surface area contributed by atoms with E-state index < -0.39 is 0 Å². The molecule has 0 spiro atoms. The minimum Gasteiger partial charge on any atom is -0.508 e. The maximum absolute atomic E-state index is 10.1. The highest BCUT2D eigenvalue weighted by Gasteiger charge is 2.32. The molecule has 0 amide bonds. The SMILES string of the molecule is CC(C)=CCC/C(C)=C\CC/C(C)=C\CC[C@@]1(C)CCc2cc(O)c(C)c(C)c2O1. The second-order valence-electron chi connectivity index (χ2n) is 9.68. The summed E-state index contributed by atoms with van der Waals surface area (Å²) in [5.74, 6) is 1.38. The molecule has 0 unspecified atom stereocenters. The number of phenols is 1. The van der Waals surface area contributed by atoms with Gasteiger partial charge in [-0.25, -0.2) is 0 Å². The first-order chi connectivity index (χ1) is 14.1. The van der Waals surface area contributed by atoms with Gasteiger partial charge in [0.15, 0.2) is 0 Å². The van der Waals surface area contributed by atoms with Gasteiger partial charge in [-0.15, -0.1) is 0 Å². The van der Waals surface area contributed by atoms with Gasteiger partial charge in [-0.1, -0.05) is 34.9 Å². The lowest BCUT2D eigenvalue weighted by atomic mass is 9.87. The number of allylic oxidation sites excluding steroid dienone is 6. The van der Waals surface area contributed by atoms with Crippen LogP contribution in [0.5, 0.6) is 11.5 Å². The maximum Gasteiger partial charge on any atom is 0.126 e. The standard InChI is InChI=1S/C28H42O2/c1-20(2)11-8-12-21(3)13-9-14-22(4)15-10-17-28(7)18-16-25-19-26(29)23(5)24(6)27(25)30-28/h11,13,15,19,29H,8-10,12,14,16-18H2,1-7H3/b21-13-,22-15-/t28-/m0/s1. The van der Waals surface area contributed by atoms with Crippen molar-refractivity contribution in [1.29, 1.82) is 0 Å². The highest BCUT2D eigenvalue weighted by Crippen LogP contribution is 2.41. The predicted molar refractivity (Wildman–Crippen MR) is 130 cm³/mol. The van der Waals surface area contributed by atoms with Crippen LogP contribution >= 0.6 is 0 Å². The number of hydrogen-bond donors (Lipinski definition) is 1. The van der Waals surface area contributed by atoms with Crippen LogP contribution in [-0.4, -0.2) is 10.7 Å². The van der Waals surface area contributed by atoms with Gasteiger partial charge in [-0.05, 0) is 123 Å². The number of fused-ring (bicyclic) bond motifs is 1. The number of aromatic hydroxyl groups is 1. The Hall–Kier alpha value is -1.96. The zero-order chi connectivity index (χ0) is 22.3. The number of hydrogen-bond acceptors (Lipinski definition) is 2. The third-order valence-corrected chi connectivity index (χ3v) is 6.45. The molecular weight excluding hydrogens is 368 g/mol. The van der Waals surface area contributed by atoms with Crippen molar-refractivity contribution in [3.8, 4) is 11.5 Å². The van der Waals surface area contributed by atoms with E-state index in [2.05, 4.69) is 59.8 Å². The molecule has 0 fully saturated rings. The molecule has 0 aromatic heterocycles. The molecule has 0 saturated carbocycles. The summed E-state index contributed by atoms with van der Waals surface area (Å²) < 4.78 is 6.48. The Kier molecular flexibility index (Phi) is 8.82. The second kappa shape index (κ2) is 10.9. The lowest BCUT2D eigenvalue weighted by Crippen LogP contribution is -2.36. The molecule has 166 valence electrons. The molecule has 1 aliphatic heterocycles. The van der Waals surface area contributed by atoms with Crippen LogP contribution in [0.25, 0.3) is 0 Å². The molecule has 1 atom stereocenters. The van der Waals surface area contributed by atoms with E-state index in [1.165, 1.54) is 23.1 Å². The Morgan fingerprint density at radius 2 is 1.57 bits per heavy atom. The molecule has 1 aromatic carbocycles. The molecule has 2 heteroatoms. The van der Waals surface area contributed by atoms with Crippen LogP contribution in [0.1, 0.15) is 96.3 Å². The Morgan fingerprint density at radius 1 is 0.967 bits per heavy atom. The Morgan fingerprint density at radius 3 is 2.20 bits per heavy atom. The minimum absolute atomic E-state index is 0.126. The maximum atomic E-state index is 10.1. The van der Waals surface area contributed by atoms with Gasteiger partial charge in [0.05, 0.1) is 0 Å². The van der Waals surface area contributed by atoms with Gasteiger partial charge in [0.2, 0.25) is 0 Å². The molecule has 2 rings (SSSR count). The number of phenolic OH excluding ortho intramolecular Hbond substituents is 1. The molecular formula is C28H42O2. The van der Waals surface area contributed by atoms with E-state index in [1.54, 1.807) is 0 Å². The fourth-order valence-electron chi connectivity index (χ4n) is 4.11. The molecule has 2 nitrogen and oxygen atoms in total. The number of aryl methyl sites for hydroxylation is 1. The van der Waals surface area contributed by atoms with Gasteiger partial charge >= 0.3 is 0 Å². The van der Waals surface area contributed by atoms with E-state index >= 15 is 0 Å². The van der Waals surface area contributed by atoms with E-state index in [4.69, 9.17) is 4.74 Å². The van der Waals surface area contributed by atoms with Gasteiger partial charge in [0.1, 0.15) is 17.1 Å². The smallest absolute Gasteiger partial charge is 0.126 e. The van der Waals surface area contributed by atoms with Crippen molar-refractivity contribution in [3.63, 3.8) is 0 Å². The summed E-state index contributed by atoms with van der Waals surface area (Å²) in [5, 5.41) is 10.1. The van der Waals surface area contributed by atoms with Crippen molar-refractivity contribution in [2.24, 2.45) is 0 Å². The van der Waals surface area contributed by atoms with Crippen LogP contribution in [-0.2, 0) is 6.42 Å². The van der Waals surface area contributed by atoms with Crippen LogP contribution in [0.4, 0.5) is 0 Å². The van der Waals surface area contributed by atoms with Crippen LogP contribution < -0.4 is 4.74 Å². The zero-order valence-electron chi connectivity index (χ0n) is 20.3. The van der Waals surface area contributed by atoms with Crippen molar-refractivity contribution in [2.45, 2.75) is 105 Å². The third-order valence-electron chi connectivity index (χ3n) is 6.45. The van der Waals surface area contributed by atoms with E-state index in [-0.39, 0.29) is 5.60 Å². The average Bonchev–Trinajstić information content (AvgIpc) is 2.67. The third kappa shape index (κ3) is 7.07. The van der Waals surface area contributed by atoms with Gasteiger partial charge < -0.3 is 9.84 Å². The largest absolute Gasteiger partial charge is 0.508 e. The number of ether oxygens (including phenoxy) is 1. The van der Waals surface area contributed by atoms with E-state index in [0.29, 0.717) is 5.75 Å². The second-order valence-corrected chi connectivity index (χ2v) is 9.68. The zero-order valence-corrected chi connectivity index (χ0v) is 20.3. The van der Waals surface area contributed by atoms with Crippen molar-refractivity contribution >= 4 is 0 Å². The van der Waals surface area contributed by atoms with Crippen LogP contribution in [0.15, 0.2) is 41.0 Å². The number of rotatable bonds is 9. The first kappa shape index (κ1) is 24.3. The van der Waals surface area contributed by atoms with E-state index in [0.717, 1.165) is 67.4 Å². The monoisotopic (exact) mass is 410 g/mol. The fraction of sp³-hybridized carbons (Fsp3) is 0.571. The predicted octanol–water partition coefficient (Wildman–Crippen LogP) is 8.29. The molecule has 0 aliphatic carbocycles. The normalized spacial score (nSPS) is 19.3. The van der Waals surface area contributed by atoms with Crippen LogP contribution in [0.3, 0.4) is 0 Å². The quantitative estimate of drug-likeness (QED) is 0.415. The lowest BCUT2D eigenvalue weighted by molar-refractivity contribution is 0.0560. The molecule has 1 N–H and O–H groups in total. The van der Waals surface area contributed by atoms with Gasteiger partial charge in [-0.2, -0.15) is 0 Å². The summed E-state index contributed by atoms with van der Waals surface area (Å²) in [5.41, 5.74) is 7.40. The molecule has 0 saturated heterocycles. The van der Waals surface area contributed by atoms with Gasteiger partial charge in [-0.3, -0.25) is 0 Å². The van der Waals surface area contributed by atoms with Gasteiger partial charge in [0.25, 0.3) is 0 Å². The summed E-state index contributed by atoms with van der Waals surface area (Å²) in [6.07, 6.45) is 15.8. The highest BCUT2D eigenvalue weighted by atomic mass is 16.5. The minimum atomic E-state index is -0.126. The van der Waals surface area contributed by atoms with Gasteiger partial charge in [0, 0.05) is 0 Å². The Labute approximate surface area is 184 Å². The summed E-state index contributed by atoms with van der Waals surface area (Å²) >= 11 is 0. The average molecular weight is 411 g/mol. The molecule has 1 aliphatic rings. The summed E-state index contributed by atoms with van der Waals surface area (Å²) in [6, 6.07) is 1.89. The number of benzene rings is 1. The van der Waals surface area contributed by atoms with E-state index in [1.807, 2.05) is 13.0 Å². The Bertz CT molecular complexity index is 822. The van der Waals surface area contributed by atoms with Crippen molar-refractivity contribution < 1.29 is 9.84 Å². The summed E-state index contributed by atoms with van der Waals surface area (Å²) in [6.45, 7) is 15.1. The lowest BCUT2D eigenvalue weighted by Gasteiger charge is -2.37. The van der Waals surface area contributed by atoms with Crippen LogP contribution in [0.2, 0.25) is 0 Å². The first-order valence-corrected chi connectivity index (χ1v) is 11.6. The van der Waals surface area contributed by atoms with Crippen molar-refractivity contribution in [3.05, 3.63) is 57.7 Å². The molecule has 1 heterocycles. The molecule has 30 heavy (non-hydrogen) atoms. The fourth-order valence-corrected chi connectivity index (χ4v) is 4.11. The van der Waals surface area contributed by atoms with Crippen molar-refractivity contribution in [2.75, 3.05) is 0 Å². The topological polar surface area (TPSA) is 29.5 Å². The molecule has 0 bridgehead atoms. The van der Waals surface area contributed by atoms with E-state index in [9.17, 15) is 5.11 Å². The highest BCUT2D eigenvalue weighted by molar-refractivity contribution is 5.53. The van der Waals surface area contributed by atoms with Crippen LogP contribution in [0, 0.1) is 13.8 Å². The molecule has 1 aromatic rings. The van der Waals surface area contributed by atoms with Crippen molar-refractivity contribution in [1.82, 2.24) is 0 Å². The summed E-state index contributed by atoms with van der Waals surface area (Å²) in [4.78, 5) is 0. The first-order valence-electron chi connectivity index (χ1n) is 11.6.